The van der Waals surface area contributed by atoms with Gasteiger partial charge in [0.1, 0.15) is 5.75 Å². The molecule has 0 fully saturated rings. The topological polar surface area (TPSA) is 151 Å². The molecule has 2 aromatic carbocycles. The van der Waals surface area contributed by atoms with Gasteiger partial charge in [-0.05, 0) is 31.3 Å². The van der Waals surface area contributed by atoms with Crippen molar-refractivity contribution in [1.82, 2.24) is 19.9 Å². The summed E-state index contributed by atoms with van der Waals surface area (Å²) in [6.07, 6.45) is 5.74. The van der Waals surface area contributed by atoms with Crippen LogP contribution in [0.5, 0.6) is 5.75 Å². The van der Waals surface area contributed by atoms with Crippen LogP contribution in [0.15, 0.2) is 67.5 Å². The maximum absolute atomic E-state index is 12.2. The number of aryl methyl sites for hydroxylation is 1. The SMILES string of the molecule is C=CC(=O)Nc1cc(Nc2nccc(-c3cn(C)c4ccccc34)n2)c(OC)cc1N(C)CCNC.CS(=O)(=O)O. The summed E-state index contributed by atoms with van der Waals surface area (Å²) in [5.41, 5.74) is 5.00. The van der Waals surface area contributed by atoms with Gasteiger partial charge in [0.05, 0.1) is 36.1 Å². The Morgan fingerprint density at radius 1 is 1.22 bits per heavy atom. The van der Waals surface area contributed by atoms with Crippen LogP contribution in [-0.4, -0.2) is 74.0 Å². The summed E-state index contributed by atoms with van der Waals surface area (Å²) >= 11 is 0. The predicted octanol–water partition coefficient (Wildman–Crippen LogP) is 3.67. The average Bonchev–Trinajstić information content (AvgIpc) is 3.27. The van der Waals surface area contributed by atoms with E-state index in [1.807, 2.05) is 56.4 Å². The van der Waals surface area contributed by atoms with Crippen LogP contribution in [-0.2, 0) is 22.0 Å². The molecule has 0 spiro atoms. The number of anilines is 4. The molecule has 2 heterocycles. The Labute approximate surface area is 239 Å². The molecule has 1 amide bonds. The van der Waals surface area contributed by atoms with E-state index in [0.717, 1.165) is 40.9 Å². The zero-order chi connectivity index (χ0) is 30.2. The number of hydrogen-bond acceptors (Lipinski definition) is 9. The van der Waals surface area contributed by atoms with Crippen molar-refractivity contribution in [1.29, 1.82) is 0 Å². The van der Waals surface area contributed by atoms with Gasteiger partial charge in [-0.25, -0.2) is 9.97 Å². The average molecular weight is 582 g/mol. The summed E-state index contributed by atoms with van der Waals surface area (Å²) in [6.45, 7) is 5.08. The summed E-state index contributed by atoms with van der Waals surface area (Å²) in [5.74, 6) is 0.705. The lowest BCUT2D eigenvalue weighted by Gasteiger charge is -2.24. The van der Waals surface area contributed by atoms with Gasteiger partial charge in [-0.1, -0.05) is 24.8 Å². The minimum absolute atomic E-state index is 0.302. The van der Waals surface area contributed by atoms with Crippen molar-refractivity contribution in [3.8, 4) is 17.0 Å². The minimum atomic E-state index is -3.67. The van der Waals surface area contributed by atoms with E-state index in [4.69, 9.17) is 14.3 Å². The Morgan fingerprint density at radius 3 is 2.59 bits per heavy atom. The summed E-state index contributed by atoms with van der Waals surface area (Å²) in [6, 6.07) is 13.8. The van der Waals surface area contributed by atoms with Crippen molar-refractivity contribution < 1.29 is 22.5 Å². The highest BCUT2D eigenvalue weighted by atomic mass is 32.2. The summed E-state index contributed by atoms with van der Waals surface area (Å²) in [7, 11) is 3.81. The number of aromatic nitrogens is 3. The highest BCUT2D eigenvalue weighted by Crippen LogP contribution is 2.38. The Balaban J connectivity index is 0.000000850. The molecular formula is C28H35N7O5S. The van der Waals surface area contributed by atoms with E-state index in [9.17, 15) is 13.2 Å². The lowest BCUT2D eigenvalue weighted by atomic mass is 10.1. The molecule has 0 saturated heterocycles. The van der Waals surface area contributed by atoms with Crippen molar-refractivity contribution >= 4 is 49.9 Å². The number of methoxy groups -OCH3 is 1. The van der Waals surface area contributed by atoms with Crippen LogP contribution < -0.4 is 25.6 Å². The molecule has 0 atom stereocenters. The number of benzene rings is 2. The number of rotatable bonds is 10. The number of likely N-dealkylation sites (N-methyl/N-ethyl adjacent to an activating group) is 2. The quantitative estimate of drug-likeness (QED) is 0.161. The number of carbonyl (C=O) groups is 1. The normalized spacial score (nSPS) is 10.9. The summed E-state index contributed by atoms with van der Waals surface area (Å²) in [5, 5.41) is 10.4. The molecule has 0 radical (unpaired) electrons. The number of hydrogen-bond donors (Lipinski definition) is 4. The zero-order valence-electron chi connectivity index (χ0n) is 23.7. The third kappa shape index (κ3) is 8.51. The van der Waals surface area contributed by atoms with E-state index in [0.29, 0.717) is 29.3 Å². The van der Waals surface area contributed by atoms with E-state index in [1.54, 1.807) is 13.3 Å². The number of para-hydroxylation sites is 1. The fourth-order valence-corrected chi connectivity index (χ4v) is 4.07. The van der Waals surface area contributed by atoms with E-state index in [2.05, 4.69) is 50.4 Å². The van der Waals surface area contributed by atoms with Crippen molar-refractivity contribution in [3.05, 3.63) is 67.5 Å². The number of fused-ring (bicyclic) bond motifs is 1. The van der Waals surface area contributed by atoms with Gasteiger partial charge in [-0.3, -0.25) is 9.35 Å². The van der Waals surface area contributed by atoms with Crippen LogP contribution in [0.4, 0.5) is 23.0 Å². The first-order valence-electron chi connectivity index (χ1n) is 12.5. The van der Waals surface area contributed by atoms with Crippen LogP contribution >= 0.6 is 0 Å². The van der Waals surface area contributed by atoms with Crippen LogP contribution in [0, 0.1) is 0 Å². The molecule has 0 saturated carbocycles. The molecule has 41 heavy (non-hydrogen) atoms. The van der Waals surface area contributed by atoms with Crippen LogP contribution in [0.25, 0.3) is 22.2 Å². The molecule has 0 bridgehead atoms. The van der Waals surface area contributed by atoms with Gasteiger partial charge in [-0.2, -0.15) is 8.42 Å². The largest absolute Gasteiger partial charge is 0.494 e. The van der Waals surface area contributed by atoms with E-state index >= 15 is 0 Å². The first-order valence-corrected chi connectivity index (χ1v) is 14.4. The molecule has 218 valence electrons. The Morgan fingerprint density at radius 2 is 1.93 bits per heavy atom. The minimum Gasteiger partial charge on any atom is -0.494 e. The van der Waals surface area contributed by atoms with Gasteiger partial charge in [0.25, 0.3) is 10.1 Å². The van der Waals surface area contributed by atoms with Gasteiger partial charge in [0.15, 0.2) is 0 Å². The predicted molar refractivity (Wildman–Crippen MR) is 164 cm³/mol. The number of ether oxygens (including phenoxy) is 1. The molecule has 0 aliphatic rings. The van der Waals surface area contributed by atoms with Crippen LogP contribution in [0.3, 0.4) is 0 Å². The van der Waals surface area contributed by atoms with Gasteiger partial charge in [0.2, 0.25) is 11.9 Å². The molecule has 4 aromatic rings. The zero-order valence-corrected chi connectivity index (χ0v) is 24.5. The second-order valence-electron chi connectivity index (χ2n) is 9.08. The first-order chi connectivity index (χ1) is 19.4. The molecule has 4 rings (SSSR count). The highest BCUT2D eigenvalue weighted by Gasteiger charge is 2.17. The number of nitrogens with zero attached hydrogens (tertiary/aromatic N) is 4. The van der Waals surface area contributed by atoms with Gasteiger partial charge in [0, 0.05) is 62.1 Å². The standard InChI is InChI=1S/C27H31N7O2.CH4O3S/c1-6-26(35)30-21-15-22(25(36-5)16-24(21)33(3)14-13-28-2)32-27-29-12-11-20(31-27)19-17-34(4)23-10-8-7-9-18(19)23;1-5(2,3)4/h6-12,15-17,28H,1,13-14H2,2-5H3,(H,30,35)(H,29,31,32);1H3,(H,2,3,4). The van der Waals surface area contributed by atoms with E-state index < -0.39 is 10.1 Å². The summed E-state index contributed by atoms with van der Waals surface area (Å²) < 4.78 is 33.6. The second-order valence-corrected chi connectivity index (χ2v) is 10.5. The molecule has 13 heteroatoms. The van der Waals surface area contributed by atoms with Crippen molar-refractivity contribution in [2.75, 3.05) is 56.1 Å². The number of carbonyl (C=O) groups excluding carboxylic acids is 1. The maximum Gasteiger partial charge on any atom is 0.261 e. The second kappa shape index (κ2) is 13.7. The van der Waals surface area contributed by atoms with E-state index in [1.165, 1.54) is 6.08 Å². The molecule has 0 aliphatic carbocycles. The molecule has 4 N–H and O–H groups in total. The maximum atomic E-state index is 12.2. The fraction of sp³-hybridized carbons (Fsp3) is 0.250. The monoisotopic (exact) mass is 581 g/mol. The van der Waals surface area contributed by atoms with Gasteiger partial charge >= 0.3 is 0 Å². The molecule has 2 aromatic heterocycles. The van der Waals surface area contributed by atoms with Gasteiger partial charge in [-0.15, -0.1) is 0 Å². The fourth-order valence-electron chi connectivity index (χ4n) is 4.07. The lowest BCUT2D eigenvalue weighted by Crippen LogP contribution is -2.28. The van der Waals surface area contributed by atoms with Crippen LogP contribution in [0.2, 0.25) is 0 Å². The third-order valence-electron chi connectivity index (χ3n) is 5.94. The first kappa shape index (κ1) is 31.1. The lowest BCUT2D eigenvalue weighted by molar-refractivity contribution is -0.111. The Hall–Kier alpha value is -4.46. The smallest absolute Gasteiger partial charge is 0.261 e. The van der Waals surface area contributed by atoms with Crippen molar-refractivity contribution in [3.63, 3.8) is 0 Å². The van der Waals surface area contributed by atoms with E-state index in [-0.39, 0.29) is 5.91 Å². The van der Waals surface area contributed by atoms with Crippen molar-refractivity contribution in [2.45, 2.75) is 0 Å². The van der Waals surface area contributed by atoms with Crippen molar-refractivity contribution in [2.24, 2.45) is 7.05 Å². The summed E-state index contributed by atoms with van der Waals surface area (Å²) in [4.78, 5) is 23.4. The Bertz CT molecular complexity index is 1630. The molecule has 0 unspecified atom stereocenters. The highest BCUT2D eigenvalue weighted by molar-refractivity contribution is 7.85. The molecule has 12 nitrogen and oxygen atoms in total. The third-order valence-corrected chi connectivity index (χ3v) is 5.94. The molecule has 0 aliphatic heterocycles. The molecular weight excluding hydrogens is 546 g/mol. The number of amides is 1. The van der Waals surface area contributed by atoms with Crippen LogP contribution in [0.1, 0.15) is 0 Å². The number of nitrogens with one attached hydrogen (secondary N) is 3. The Kier molecular flexibility index (Phi) is 10.4. The van der Waals surface area contributed by atoms with Gasteiger partial charge < -0.3 is 30.2 Å².